The van der Waals surface area contributed by atoms with Crippen LogP contribution in [-0.2, 0) is 19.1 Å². The summed E-state index contributed by atoms with van der Waals surface area (Å²) in [6, 6.07) is 13.4. The summed E-state index contributed by atoms with van der Waals surface area (Å²) in [6.07, 6.45) is -0.573. The Hall–Kier alpha value is -1.79. The van der Waals surface area contributed by atoms with Crippen LogP contribution in [0.4, 0.5) is 0 Å². The monoisotopic (exact) mass is 362 g/mol. The van der Waals surface area contributed by atoms with Crippen molar-refractivity contribution in [2.75, 3.05) is 6.61 Å². The van der Waals surface area contributed by atoms with E-state index in [-0.39, 0.29) is 18.5 Å². The number of esters is 2. The molecule has 1 aromatic carbocycles. The van der Waals surface area contributed by atoms with Gasteiger partial charge in [-0.3, -0.25) is 9.59 Å². The molecule has 2 aromatic rings. The van der Waals surface area contributed by atoms with Crippen molar-refractivity contribution in [1.82, 2.24) is 0 Å². The van der Waals surface area contributed by atoms with Crippen LogP contribution in [-0.4, -0.2) is 23.8 Å². The van der Waals surface area contributed by atoms with E-state index in [0.29, 0.717) is 0 Å². The van der Waals surface area contributed by atoms with Crippen LogP contribution in [0.1, 0.15) is 22.8 Å². The molecule has 1 saturated heterocycles. The summed E-state index contributed by atoms with van der Waals surface area (Å²) < 4.78 is 10.8. The van der Waals surface area contributed by atoms with Gasteiger partial charge < -0.3 is 9.47 Å². The van der Waals surface area contributed by atoms with E-state index in [1.54, 1.807) is 18.3 Å². The Morgan fingerprint density at radius 2 is 2.00 bits per heavy atom. The molecule has 0 bridgehead atoms. The van der Waals surface area contributed by atoms with Crippen molar-refractivity contribution in [3.05, 3.63) is 52.2 Å². The first-order valence-electron chi connectivity index (χ1n) is 7.75. The van der Waals surface area contributed by atoms with Crippen LogP contribution >= 0.6 is 23.1 Å². The first-order valence-corrected chi connectivity index (χ1v) is 9.45. The van der Waals surface area contributed by atoms with Gasteiger partial charge in [-0.15, -0.1) is 23.1 Å². The van der Waals surface area contributed by atoms with Crippen LogP contribution in [0.3, 0.4) is 0 Å². The van der Waals surface area contributed by atoms with E-state index in [1.165, 1.54) is 11.8 Å². The quantitative estimate of drug-likeness (QED) is 0.753. The second kappa shape index (κ2) is 7.40. The summed E-state index contributed by atoms with van der Waals surface area (Å²) in [7, 11) is 0. The topological polar surface area (TPSA) is 52.6 Å². The predicted octanol–water partition coefficient (Wildman–Crippen LogP) is 3.99. The molecule has 126 valence electrons. The number of thioether (sulfide) groups is 1. The van der Waals surface area contributed by atoms with Gasteiger partial charge in [0.15, 0.2) is 6.10 Å². The van der Waals surface area contributed by atoms with Crippen molar-refractivity contribution in [2.24, 2.45) is 5.92 Å². The molecule has 3 atom stereocenters. The van der Waals surface area contributed by atoms with Crippen LogP contribution in [0.2, 0.25) is 0 Å². The van der Waals surface area contributed by atoms with Crippen molar-refractivity contribution in [1.29, 1.82) is 0 Å². The lowest BCUT2D eigenvalue weighted by Crippen LogP contribution is -2.29. The Morgan fingerprint density at radius 3 is 2.62 bits per heavy atom. The average Bonchev–Trinajstić information content (AvgIpc) is 3.13. The van der Waals surface area contributed by atoms with Gasteiger partial charge in [-0.1, -0.05) is 18.2 Å². The fourth-order valence-corrected chi connectivity index (χ4v) is 4.78. The number of thiophene rings is 1. The molecule has 0 spiro atoms. The number of benzene rings is 1. The van der Waals surface area contributed by atoms with Crippen molar-refractivity contribution in [2.45, 2.75) is 30.1 Å². The maximum absolute atomic E-state index is 12.5. The fraction of sp³-hybridized carbons (Fsp3) is 0.333. The minimum absolute atomic E-state index is 0.280. The number of carbonyl (C=O) groups is 2. The third-order valence-electron chi connectivity index (χ3n) is 3.73. The lowest BCUT2D eigenvalue weighted by molar-refractivity contribution is -0.150. The zero-order valence-corrected chi connectivity index (χ0v) is 15.1. The third-order valence-corrected chi connectivity index (χ3v) is 6.08. The van der Waals surface area contributed by atoms with Gasteiger partial charge in [-0.2, -0.15) is 0 Å². The maximum atomic E-state index is 12.5. The smallest absolute Gasteiger partial charge is 0.321 e. The standard InChI is InChI=1S/C18H18O4S2/c1-3-21-17(19)14-15(13-10-9-11(2)23-13)22-18(20)16(14)24-12-7-5-4-6-8-12/h4-10,14-16H,3H2,1-2H3. The highest BCUT2D eigenvalue weighted by Crippen LogP contribution is 2.45. The molecule has 1 aliphatic rings. The molecule has 4 nitrogen and oxygen atoms in total. The maximum Gasteiger partial charge on any atom is 0.321 e. The minimum atomic E-state index is -0.638. The Kier molecular flexibility index (Phi) is 5.26. The van der Waals surface area contributed by atoms with Crippen LogP contribution in [0.15, 0.2) is 47.4 Å². The minimum Gasteiger partial charge on any atom is -0.466 e. The lowest BCUT2D eigenvalue weighted by Gasteiger charge is -2.18. The van der Waals surface area contributed by atoms with Crippen molar-refractivity contribution in [3.8, 4) is 0 Å². The second-order valence-electron chi connectivity index (χ2n) is 5.44. The van der Waals surface area contributed by atoms with Crippen molar-refractivity contribution < 1.29 is 19.1 Å². The zero-order valence-electron chi connectivity index (χ0n) is 13.4. The van der Waals surface area contributed by atoms with Crippen LogP contribution in [0.5, 0.6) is 0 Å². The first-order chi connectivity index (χ1) is 11.6. The molecule has 0 radical (unpaired) electrons. The van der Waals surface area contributed by atoms with E-state index in [4.69, 9.17) is 9.47 Å². The number of cyclic esters (lactones) is 1. The molecule has 1 aromatic heterocycles. The highest BCUT2D eigenvalue weighted by atomic mass is 32.2. The van der Waals surface area contributed by atoms with Gasteiger partial charge in [0.1, 0.15) is 11.2 Å². The number of hydrogen-bond donors (Lipinski definition) is 0. The molecule has 24 heavy (non-hydrogen) atoms. The highest BCUT2D eigenvalue weighted by Gasteiger charge is 2.51. The SMILES string of the molecule is CCOC(=O)C1C(Sc2ccccc2)C(=O)OC1c1ccc(C)s1. The molecule has 1 aliphatic heterocycles. The first kappa shape index (κ1) is 17.0. The molecule has 0 aliphatic carbocycles. The van der Waals surface area contributed by atoms with E-state index in [0.717, 1.165) is 14.6 Å². The predicted molar refractivity (Wildman–Crippen MR) is 94.1 cm³/mol. The largest absolute Gasteiger partial charge is 0.466 e. The van der Waals surface area contributed by atoms with Crippen molar-refractivity contribution in [3.63, 3.8) is 0 Å². The van der Waals surface area contributed by atoms with E-state index < -0.39 is 17.3 Å². The molecular weight excluding hydrogens is 344 g/mol. The fourth-order valence-electron chi connectivity index (χ4n) is 2.67. The number of ether oxygens (including phenoxy) is 2. The van der Waals surface area contributed by atoms with Gasteiger partial charge in [0.2, 0.25) is 0 Å². The van der Waals surface area contributed by atoms with Gasteiger partial charge in [-0.25, -0.2) is 0 Å². The van der Waals surface area contributed by atoms with Gasteiger partial charge in [-0.05, 0) is 38.1 Å². The van der Waals surface area contributed by atoms with E-state index in [2.05, 4.69) is 0 Å². The molecule has 3 rings (SSSR count). The van der Waals surface area contributed by atoms with E-state index >= 15 is 0 Å². The molecule has 2 heterocycles. The van der Waals surface area contributed by atoms with Crippen LogP contribution < -0.4 is 0 Å². The van der Waals surface area contributed by atoms with Crippen LogP contribution in [0.25, 0.3) is 0 Å². The Bertz CT molecular complexity index is 726. The Balaban J connectivity index is 1.90. The van der Waals surface area contributed by atoms with Crippen molar-refractivity contribution >= 4 is 35.0 Å². The number of carbonyl (C=O) groups excluding carboxylic acids is 2. The Labute approximate surface area is 149 Å². The summed E-state index contributed by atoms with van der Waals surface area (Å²) in [4.78, 5) is 27.9. The van der Waals surface area contributed by atoms with Gasteiger partial charge in [0.25, 0.3) is 0 Å². The molecule has 1 fully saturated rings. The average molecular weight is 362 g/mol. The van der Waals surface area contributed by atoms with E-state index in [1.807, 2.05) is 49.4 Å². The Morgan fingerprint density at radius 1 is 1.25 bits per heavy atom. The molecule has 0 N–H and O–H groups in total. The van der Waals surface area contributed by atoms with Gasteiger partial charge in [0, 0.05) is 14.6 Å². The highest BCUT2D eigenvalue weighted by molar-refractivity contribution is 8.00. The summed E-state index contributed by atoms with van der Waals surface area (Å²) in [5.74, 6) is -1.38. The van der Waals surface area contributed by atoms with Gasteiger partial charge in [0.05, 0.1) is 6.61 Å². The van der Waals surface area contributed by atoms with E-state index in [9.17, 15) is 9.59 Å². The molecule has 0 saturated carbocycles. The summed E-state index contributed by atoms with van der Waals surface area (Å²) in [5.41, 5.74) is 0. The third kappa shape index (κ3) is 3.49. The van der Waals surface area contributed by atoms with Gasteiger partial charge >= 0.3 is 11.9 Å². The number of hydrogen-bond acceptors (Lipinski definition) is 6. The zero-order chi connectivity index (χ0) is 17.1. The molecular formula is C18H18O4S2. The van der Waals surface area contributed by atoms with Crippen LogP contribution in [0, 0.1) is 12.8 Å². The second-order valence-corrected chi connectivity index (χ2v) is 7.97. The summed E-state index contributed by atoms with van der Waals surface area (Å²) in [6.45, 7) is 4.03. The molecule has 3 unspecified atom stereocenters. The summed E-state index contributed by atoms with van der Waals surface area (Å²) in [5, 5.41) is -0.598. The number of rotatable bonds is 5. The summed E-state index contributed by atoms with van der Waals surface area (Å²) >= 11 is 2.90. The molecule has 0 amide bonds. The normalized spacial score (nSPS) is 23.1. The molecule has 6 heteroatoms. The number of aryl methyl sites for hydroxylation is 1. The lowest BCUT2D eigenvalue weighted by atomic mass is 10.00.